The van der Waals surface area contributed by atoms with Crippen LogP contribution in [0.4, 0.5) is 0 Å². The highest BCUT2D eigenvalue weighted by Crippen LogP contribution is 2.22. The third-order valence-corrected chi connectivity index (χ3v) is 5.58. The Hall–Kier alpha value is -0.660. The lowest BCUT2D eigenvalue weighted by Crippen LogP contribution is -2.53. The van der Waals surface area contributed by atoms with E-state index in [1.807, 2.05) is 4.90 Å². The van der Waals surface area contributed by atoms with Crippen molar-refractivity contribution in [1.82, 2.24) is 14.7 Å². The number of piperazine rings is 1. The second-order valence-electron chi connectivity index (χ2n) is 6.48. The van der Waals surface area contributed by atoms with E-state index in [4.69, 9.17) is 0 Å². The van der Waals surface area contributed by atoms with Crippen LogP contribution in [-0.2, 0) is 14.6 Å². The molecule has 21 heavy (non-hydrogen) atoms. The van der Waals surface area contributed by atoms with Crippen molar-refractivity contribution in [2.75, 3.05) is 57.8 Å². The number of rotatable bonds is 4. The van der Waals surface area contributed by atoms with Gasteiger partial charge in [0.05, 0.1) is 5.75 Å². The van der Waals surface area contributed by atoms with Crippen LogP contribution in [0.3, 0.4) is 0 Å². The van der Waals surface area contributed by atoms with E-state index in [9.17, 15) is 13.2 Å². The lowest BCUT2D eigenvalue weighted by Gasteiger charge is -2.39. The number of carbonyl (C=O) groups excluding carboxylic acids is 1. The Morgan fingerprint density at radius 3 is 2.29 bits per heavy atom. The van der Waals surface area contributed by atoms with Crippen LogP contribution in [0.25, 0.3) is 0 Å². The molecule has 2 saturated heterocycles. The summed E-state index contributed by atoms with van der Waals surface area (Å²) < 4.78 is 22.6. The zero-order chi connectivity index (χ0) is 15.6. The maximum atomic E-state index is 11.4. The number of hydrogen-bond donors (Lipinski definition) is 0. The molecule has 2 rings (SSSR count). The Morgan fingerprint density at radius 2 is 1.76 bits per heavy atom. The number of hydrogen-bond acceptors (Lipinski definition) is 5. The zero-order valence-electron chi connectivity index (χ0n) is 13.3. The molecule has 0 N–H and O–H groups in total. The van der Waals surface area contributed by atoms with Crippen molar-refractivity contribution in [3.63, 3.8) is 0 Å². The van der Waals surface area contributed by atoms with E-state index >= 15 is 0 Å². The monoisotopic (exact) mass is 317 g/mol. The molecule has 1 amide bonds. The Balaban J connectivity index is 1.83. The molecule has 122 valence electrons. The fourth-order valence-electron chi connectivity index (χ4n) is 3.37. The van der Waals surface area contributed by atoms with Gasteiger partial charge in [-0.2, -0.15) is 0 Å². The van der Waals surface area contributed by atoms with Gasteiger partial charge in [-0.25, -0.2) is 8.42 Å². The minimum Gasteiger partial charge on any atom is -0.340 e. The molecule has 2 fully saturated rings. The maximum absolute atomic E-state index is 11.4. The van der Waals surface area contributed by atoms with Crippen LogP contribution < -0.4 is 0 Å². The van der Waals surface area contributed by atoms with Crippen LogP contribution >= 0.6 is 0 Å². The molecule has 0 aliphatic carbocycles. The second kappa shape index (κ2) is 6.62. The summed E-state index contributed by atoms with van der Waals surface area (Å²) in [6.07, 6.45) is 1.30. The van der Waals surface area contributed by atoms with E-state index in [0.717, 1.165) is 39.3 Å². The van der Waals surface area contributed by atoms with Gasteiger partial charge in [-0.05, 0) is 5.92 Å². The van der Waals surface area contributed by atoms with E-state index in [1.54, 1.807) is 6.92 Å². The van der Waals surface area contributed by atoms with Gasteiger partial charge in [0.15, 0.2) is 0 Å². The average Bonchev–Trinajstić information content (AvgIpc) is 2.77. The van der Waals surface area contributed by atoms with Crippen LogP contribution in [-0.4, -0.2) is 92.9 Å². The van der Waals surface area contributed by atoms with Gasteiger partial charge in [0.25, 0.3) is 0 Å². The fourth-order valence-corrected chi connectivity index (χ4v) is 3.96. The molecule has 0 saturated carbocycles. The van der Waals surface area contributed by atoms with Gasteiger partial charge in [0.2, 0.25) is 5.91 Å². The Bertz CT molecular complexity index is 472. The predicted octanol–water partition coefficient (Wildman–Crippen LogP) is -0.485. The normalized spacial score (nSPS) is 29.0. The van der Waals surface area contributed by atoms with Crippen molar-refractivity contribution in [2.24, 2.45) is 5.92 Å². The third kappa shape index (κ3) is 4.66. The van der Waals surface area contributed by atoms with Gasteiger partial charge in [-0.3, -0.25) is 9.69 Å². The molecular weight excluding hydrogens is 290 g/mol. The number of likely N-dealkylation sites (tertiary alicyclic amines) is 1. The van der Waals surface area contributed by atoms with Gasteiger partial charge in [-0.15, -0.1) is 0 Å². The fraction of sp³-hybridized carbons (Fsp3) is 0.929. The molecule has 0 aromatic carbocycles. The molecule has 0 bridgehead atoms. The third-order valence-electron chi connectivity index (χ3n) is 4.66. The molecule has 0 spiro atoms. The summed E-state index contributed by atoms with van der Waals surface area (Å²) in [6, 6.07) is 0.485. The highest BCUT2D eigenvalue weighted by atomic mass is 32.2. The van der Waals surface area contributed by atoms with Gasteiger partial charge in [0, 0.05) is 65.0 Å². The number of nitrogens with zero attached hydrogens (tertiary/aromatic N) is 3. The topological polar surface area (TPSA) is 60.9 Å². The molecule has 2 aliphatic heterocycles. The van der Waals surface area contributed by atoms with Crippen molar-refractivity contribution in [3.8, 4) is 0 Å². The Kier molecular flexibility index (Phi) is 5.27. The lowest BCUT2D eigenvalue weighted by molar-refractivity contribution is -0.130. The molecule has 6 nitrogen and oxygen atoms in total. The smallest absolute Gasteiger partial charge is 0.219 e. The lowest BCUT2D eigenvalue weighted by atomic mass is 10.0. The molecule has 0 unspecified atom stereocenters. The number of sulfone groups is 1. The number of amides is 1. The minimum absolute atomic E-state index is 0.156. The van der Waals surface area contributed by atoms with Gasteiger partial charge < -0.3 is 9.80 Å². The quantitative estimate of drug-likeness (QED) is 0.701. The summed E-state index contributed by atoms with van der Waals surface area (Å²) in [5, 5.41) is 0. The first-order valence-electron chi connectivity index (χ1n) is 7.66. The summed E-state index contributed by atoms with van der Waals surface area (Å²) in [7, 11) is -2.89. The first-order chi connectivity index (χ1) is 9.76. The minimum atomic E-state index is -2.89. The molecule has 2 heterocycles. The first kappa shape index (κ1) is 16.7. The van der Waals surface area contributed by atoms with Gasteiger partial charge in [0.1, 0.15) is 9.84 Å². The molecule has 2 atom stereocenters. The van der Waals surface area contributed by atoms with E-state index in [2.05, 4.69) is 16.7 Å². The standard InChI is InChI=1S/C14H27N3O3S/c1-12-10-15(8-9-21(3,19)20)11-14(12)17-6-4-16(5-7-17)13(2)18/h12,14H,4-11H2,1-3H3/t12-,14-/m1/s1. The molecule has 2 aliphatic rings. The summed E-state index contributed by atoms with van der Waals surface area (Å²) in [5.41, 5.74) is 0. The summed E-state index contributed by atoms with van der Waals surface area (Å²) in [4.78, 5) is 18.0. The van der Waals surface area contributed by atoms with Crippen molar-refractivity contribution < 1.29 is 13.2 Å². The van der Waals surface area contributed by atoms with E-state index in [1.165, 1.54) is 6.26 Å². The second-order valence-corrected chi connectivity index (χ2v) is 8.74. The van der Waals surface area contributed by atoms with Crippen molar-refractivity contribution >= 4 is 15.7 Å². The average molecular weight is 317 g/mol. The summed E-state index contributed by atoms with van der Waals surface area (Å²) >= 11 is 0. The predicted molar refractivity (Wildman–Crippen MR) is 82.9 cm³/mol. The van der Waals surface area contributed by atoms with Crippen LogP contribution in [0.1, 0.15) is 13.8 Å². The van der Waals surface area contributed by atoms with E-state index < -0.39 is 9.84 Å². The van der Waals surface area contributed by atoms with Crippen LogP contribution in [0, 0.1) is 5.92 Å². The van der Waals surface area contributed by atoms with Crippen LogP contribution in [0.2, 0.25) is 0 Å². The van der Waals surface area contributed by atoms with Crippen molar-refractivity contribution in [3.05, 3.63) is 0 Å². The van der Waals surface area contributed by atoms with Gasteiger partial charge in [-0.1, -0.05) is 6.92 Å². The van der Waals surface area contributed by atoms with Gasteiger partial charge >= 0.3 is 0 Å². The molecule has 7 heteroatoms. The molecular formula is C14H27N3O3S. The number of carbonyl (C=O) groups is 1. The molecule has 0 aromatic heterocycles. The van der Waals surface area contributed by atoms with Crippen LogP contribution in [0.5, 0.6) is 0 Å². The maximum Gasteiger partial charge on any atom is 0.219 e. The SMILES string of the molecule is CC(=O)N1CCN([C@@H]2CN(CCS(C)(=O)=O)C[C@H]2C)CC1. The summed E-state index contributed by atoms with van der Waals surface area (Å²) in [6.45, 7) is 9.87. The largest absolute Gasteiger partial charge is 0.340 e. The van der Waals surface area contributed by atoms with Crippen molar-refractivity contribution in [2.45, 2.75) is 19.9 Å². The van der Waals surface area contributed by atoms with E-state index in [0.29, 0.717) is 18.5 Å². The first-order valence-corrected chi connectivity index (χ1v) is 9.72. The molecule has 0 aromatic rings. The summed E-state index contributed by atoms with van der Waals surface area (Å²) in [5.74, 6) is 0.946. The Morgan fingerprint density at radius 1 is 1.14 bits per heavy atom. The van der Waals surface area contributed by atoms with Crippen molar-refractivity contribution in [1.29, 1.82) is 0 Å². The highest BCUT2D eigenvalue weighted by molar-refractivity contribution is 7.90. The van der Waals surface area contributed by atoms with Crippen LogP contribution in [0.15, 0.2) is 0 Å². The molecule has 0 radical (unpaired) electrons. The van der Waals surface area contributed by atoms with E-state index in [-0.39, 0.29) is 11.7 Å². The highest BCUT2D eigenvalue weighted by Gasteiger charge is 2.35. The Labute approximate surface area is 128 Å². The zero-order valence-corrected chi connectivity index (χ0v) is 14.1.